The summed E-state index contributed by atoms with van der Waals surface area (Å²) in [6.07, 6.45) is 0.406. The molecule has 21 heavy (non-hydrogen) atoms. The van der Waals surface area contributed by atoms with Crippen LogP contribution in [0.15, 0.2) is 0 Å². The van der Waals surface area contributed by atoms with Crippen LogP contribution in [-0.4, -0.2) is 31.7 Å². The van der Waals surface area contributed by atoms with Gasteiger partial charge in [-0.2, -0.15) is 5.26 Å². The molecule has 6 heteroatoms. The van der Waals surface area contributed by atoms with E-state index >= 15 is 0 Å². The normalized spacial score (nSPS) is 14.8. The second-order valence-corrected chi connectivity index (χ2v) is 13.8. The number of nitrogens with zero attached hydrogens (tertiary/aromatic N) is 2. The first-order valence-corrected chi connectivity index (χ1v) is 11.7. The first-order valence-electron chi connectivity index (χ1n) is 7.71. The average molecular weight is 333 g/mol. The van der Waals surface area contributed by atoms with E-state index in [-0.39, 0.29) is 5.04 Å². The molecule has 0 fully saturated rings. The zero-order chi connectivity index (χ0) is 16.8. The lowest BCUT2D eigenvalue weighted by molar-refractivity contribution is 0.215. The zero-order valence-electron chi connectivity index (χ0n) is 15.2. The van der Waals surface area contributed by atoms with Crippen LogP contribution in [-0.2, 0) is 8.74 Å². The quantitative estimate of drug-likeness (QED) is 0.344. The van der Waals surface area contributed by atoms with Crippen LogP contribution in [0.5, 0.6) is 0 Å². The zero-order valence-corrected chi connectivity index (χ0v) is 17.1. The molecule has 0 spiro atoms. The Morgan fingerprint density at radius 2 is 1.62 bits per heavy atom. The molecule has 0 saturated carbocycles. The van der Waals surface area contributed by atoms with Gasteiger partial charge in [0.2, 0.25) is 16.8 Å². The fraction of sp³-hybridized carbons (Fsp3) is 0.933. The van der Waals surface area contributed by atoms with E-state index in [4.69, 9.17) is 14.0 Å². The van der Waals surface area contributed by atoms with Gasteiger partial charge in [0, 0.05) is 12.1 Å². The topological polar surface area (TPSA) is 45.5 Å². The molecule has 1 unspecified atom stereocenters. The van der Waals surface area contributed by atoms with Crippen LogP contribution in [0.4, 0.5) is 0 Å². The van der Waals surface area contributed by atoms with Gasteiger partial charge in [-0.3, -0.25) is 0 Å². The molecule has 0 amide bonds. The summed E-state index contributed by atoms with van der Waals surface area (Å²) in [5.74, 6) is 0. The van der Waals surface area contributed by atoms with Crippen molar-refractivity contribution in [1.29, 1.82) is 5.26 Å². The number of hydrogen-bond donors (Lipinski definition) is 0. The highest BCUT2D eigenvalue weighted by molar-refractivity contribution is 7.46. The first kappa shape index (κ1) is 21.0. The van der Waals surface area contributed by atoms with Crippen molar-refractivity contribution in [3.8, 4) is 6.07 Å². The number of nitriles is 1. The smallest absolute Gasteiger partial charge is 0.248 e. The van der Waals surface area contributed by atoms with Gasteiger partial charge in [-0.05, 0) is 45.8 Å². The minimum atomic E-state index is -1.90. The number of rotatable bonds is 8. The maximum absolute atomic E-state index is 8.73. The highest BCUT2D eigenvalue weighted by atomic mass is 31.2. The lowest BCUT2D eigenvalue weighted by Gasteiger charge is -2.43. The highest BCUT2D eigenvalue weighted by Crippen LogP contribution is 2.52. The van der Waals surface area contributed by atoms with Crippen molar-refractivity contribution < 1.29 is 8.74 Å². The molecule has 4 nitrogen and oxygen atoms in total. The predicted molar refractivity (Wildman–Crippen MR) is 93.5 cm³/mol. The molecule has 0 aliphatic carbocycles. The second-order valence-electron chi connectivity index (χ2n) is 7.40. The molecule has 1 atom stereocenters. The molecule has 0 aromatic heterocycles. The molecular formula is C15H33N2O2PSi. The van der Waals surface area contributed by atoms with Gasteiger partial charge in [-0.1, -0.05) is 20.8 Å². The van der Waals surface area contributed by atoms with Crippen molar-refractivity contribution in [2.75, 3.05) is 6.61 Å². The van der Waals surface area contributed by atoms with Gasteiger partial charge in [0.25, 0.3) is 0 Å². The highest BCUT2D eigenvalue weighted by Gasteiger charge is 2.42. The Bertz CT molecular complexity index is 341. The Kier molecular flexibility index (Phi) is 8.60. The van der Waals surface area contributed by atoms with Crippen molar-refractivity contribution in [3.63, 3.8) is 0 Å². The molecular weight excluding hydrogens is 299 g/mol. The molecule has 0 N–H and O–H groups in total. The first-order chi connectivity index (χ1) is 9.44. The fourth-order valence-corrected chi connectivity index (χ4v) is 6.00. The lowest BCUT2D eigenvalue weighted by atomic mass is 10.2. The molecule has 0 bridgehead atoms. The molecule has 0 rings (SSSR count). The average Bonchev–Trinajstić information content (AvgIpc) is 2.25. The van der Waals surface area contributed by atoms with Crippen molar-refractivity contribution in [1.82, 2.24) is 4.67 Å². The van der Waals surface area contributed by atoms with Crippen molar-refractivity contribution >= 4 is 16.8 Å². The predicted octanol–water partition coefficient (Wildman–Crippen LogP) is 5.28. The third kappa shape index (κ3) is 6.75. The molecule has 0 saturated heterocycles. The molecule has 0 aliphatic heterocycles. The molecule has 0 heterocycles. The van der Waals surface area contributed by atoms with Gasteiger partial charge in [0.15, 0.2) is 0 Å². The van der Waals surface area contributed by atoms with Crippen LogP contribution in [0.3, 0.4) is 0 Å². The van der Waals surface area contributed by atoms with Crippen molar-refractivity contribution in [2.45, 2.75) is 85.1 Å². The van der Waals surface area contributed by atoms with Crippen LogP contribution in [0.25, 0.3) is 0 Å². The molecule has 124 valence electrons. The third-order valence-electron chi connectivity index (χ3n) is 3.77. The lowest BCUT2D eigenvalue weighted by Crippen LogP contribution is -2.43. The summed E-state index contributed by atoms with van der Waals surface area (Å²) in [6.45, 7) is 20.3. The minimum absolute atomic E-state index is 0.145. The Labute approximate surface area is 133 Å². The van der Waals surface area contributed by atoms with Gasteiger partial charge in [-0.25, -0.2) is 4.67 Å². The van der Waals surface area contributed by atoms with Gasteiger partial charge < -0.3 is 8.74 Å². The van der Waals surface area contributed by atoms with Gasteiger partial charge >= 0.3 is 0 Å². The summed E-state index contributed by atoms with van der Waals surface area (Å²) in [4.78, 5) is 0. The van der Waals surface area contributed by atoms with E-state index in [0.717, 1.165) is 0 Å². The van der Waals surface area contributed by atoms with E-state index in [1.807, 2.05) is 0 Å². The maximum atomic E-state index is 8.73. The maximum Gasteiger partial charge on any atom is 0.248 e. The van der Waals surface area contributed by atoms with E-state index in [1.165, 1.54) is 0 Å². The Hall–Kier alpha value is 0.0169. The molecule has 0 aromatic rings. The Balaban J connectivity index is 5.18. The molecule has 0 radical (unpaired) electrons. The summed E-state index contributed by atoms with van der Waals surface area (Å²) in [5, 5.41) is 8.87. The second kappa shape index (κ2) is 8.60. The van der Waals surface area contributed by atoms with Gasteiger partial charge in [-0.15, -0.1) is 0 Å². The van der Waals surface area contributed by atoms with Crippen molar-refractivity contribution in [2.24, 2.45) is 0 Å². The van der Waals surface area contributed by atoms with Crippen LogP contribution >= 0.6 is 8.53 Å². The summed E-state index contributed by atoms with van der Waals surface area (Å²) in [5.41, 5.74) is 0. The standard InChI is InChI=1S/C15H33N2O2PSi/c1-13(2)17(14(3)4)20(18-12-10-11-16)19-21(8,9)15(5,6)7/h13-14H,10,12H2,1-9H3. The van der Waals surface area contributed by atoms with E-state index in [9.17, 15) is 0 Å². The third-order valence-corrected chi connectivity index (χ3v) is 11.5. The molecule has 0 aromatic carbocycles. The van der Waals surface area contributed by atoms with Crippen LogP contribution < -0.4 is 0 Å². The summed E-state index contributed by atoms with van der Waals surface area (Å²) in [6, 6.07) is 2.84. The van der Waals surface area contributed by atoms with Gasteiger partial charge in [0.05, 0.1) is 19.1 Å². The SMILES string of the molecule is CC(C)N(C(C)C)P(OCCC#N)O[Si](C)(C)C(C)(C)C. The van der Waals surface area contributed by atoms with Crippen LogP contribution in [0.1, 0.15) is 54.9 Å². The largest absolute Gasteiger partial charge is 0.363 e. The summed E-state index contributed by atoms with van der Waals surface area (Å²) in [7, 11) is -3.03. The van der Waals surface area contributed by atoms with Crippen LogP contribution in [0.2, 0.25) is 18.1 Å². The van der Waals surface area contributed by atoms with Crippen molar-refractivity contribution in [3.05, 3.63) is 0 Å². The minimum Gasteiger partial charge on any atom is -0.363 e. The van der Waals surface area contributed by atoms with E-state index in [1.54, 1.807) is 0 Å². The van der Waals surface area contributed by atoms with E-state index < -0.39 is 16.8 Å². The van der Waals surface area contributed by atoms with E-state index in [2.05, 4.69) is 72.3 Å². The van der Waals surface area contributed by atoms with Crippen LogP contribution in [0, 0.1) is 11.3 Å². The van der Waals surface area contributed by atoms with Gasteiger partial charge in [0.1, 0.15) is 0 Å². The van der Waals surface area contributed by atoms with E-state index in [0.29, 0.717) is 25.1 Å². The summed E-state index contributed by atoms with van der Waals surface area (Å²) >= 11 is 0. The fourth-order valence-electron chi connectivity index (χ4n) is 1.62. The molecule has 0 aliphatic rings. The number of hydrogen-bond acceptors (Lipinski definition) is 4. The Morgan fingerprint density at radius 3 is 1.95 bits per heavy atom. The Morgan fingerprint density at radius 1 is 1.14 bits per heavy atom. The summed E-state index contributed by atoms with van der Waals surface area (Å²) < 4.78 is 14.8. The monoisotopic (exact) mass is 332 g/mol.